The fourth-order valence-electron chi connectivity index (χ4n) is 3.27. The van der Waals surface area contributed by atoms with Gasteiger partial charge < -0.3 is 9.67 Å². The molecule has 1 aromatic carbocycles. The van der Waals surface area contributed by atoms with Crippen LogP contribution < -0.4 is 0 Å². The molecule has 1 N–H and O–H groups in total. The van der Waals surface area contributed by atoms with E-state index in [1.54, 1.807) is 12.1 Å². The number of nitrogens with zero attached hydrogens (tertiary/aromatic N) is 2. The average molecular weight is 272 g/mol. The van der Waals surface area contributed by atoms with Gasteiger partial charge in [-0.2, -0.15) is 0 Å². The zero-order chi connectivity index (χ0) is 14.3. The molecule has 4 nitrogen and oxygen atoms in total. The van der Waals surface area contributed by atoms with Crippen LogP contribution in [0.25, 0.3) is 11.0 Å². The Morgan fingerprint density at radius 1 is 1.35 bits per heavy atom. The number of imidazole rings is 1. The highest BCUT2D eigenvalue weighted by Gasteiger charge is 2.25. The van der Waals surface area contributed by atoms with Gasteiger partial charge in [0.1, 0.15) is 5.82 Å². The maximum absolute atomic E-state index is 11.1. The van der Waals surface area contributed by atoms with Crippen molar-refractivity contribution in [2.45, 2.75) is 51.5 Å². The third-order valence-corrected chi connectivity index (χ3v) is 4.20. The van der Waals surface area contributed by atoms with Crippen LogP contribution in [-0.2, 0) is 0 Å². The topological polar surface area (TPSA) is 55.1 Å². The van der Waals surface area contributed by atoms with Crippen LogP contribution in [0.1, 0.15) is 67.7 Å². The normalized spacial score (nSPS) is 16.4. The molecule has 1 heterocycles. The summed E-state index contributed by atoms with van der Waals surface area (Å²) in [6.45, 7) is 4.31. The van der Waals surface area contributed by atoms with Crippen molar-refractivity contribution in [1.29, 1.82) is 0 Å². The first-order valence-electron chi connectivity index (χ1n) is 7.33. The van der Waals surface area contributed by atoms with Gasteiger partial charge in [0, 0.05) is 12.0 Å². The Morgan fingerprint density at radius 2 is 2.05 bits per heavy atom. The van der Waals surface area contributed by atoms with Crippen molar-refractivity contribution in [1.82, 2.24) is 9.55 Å². The molecule has 1 saturated carbocycles. The lowest BCUT2D eigenvalue weighted by atomic mass is 10.1. The third kappa shape index (κ3) is 2.09. The highest BCUT2D eigenvalue weighted by atomic mass is 16.4. The summed E-state index contributed by atoms with van der Waals surface area (Å²) >= 11 is 0. The van der Waals surface area contributed by atoms with Crippen molar-refractivity contribution in [3.8, 4) is 0 Å². The van der Waals surface area contributed by atoms with Crippen molar-refractivity contribution in [3.63, 3.8) is 0 Å². The first kappa shape index (κ1) is 13.2. The van der Waals surface area contributed by atoms with Crippen LogP contribution in [0, 0.1) is 0 Å². The van der Waals surface area contributed by atoms with E-state index in [2.05, 4.69) is 18.4 Å². The number of carbonyl (C=O) groups is 1. The van der Waals surface area contributed by atoms with Crippen molar-refractivity contribution in [2.75, 3.05) is 0 Å². The molecule has 0 amide bonds. The second-order valence-corrected chi connectivity index (χ2v) is 5.92. The van der Waals surface area contributed by atoms with Crippen LogP contribution in [-0.4, -0.2) is 20.6 Å². The molecule has 0 aliphatic heterocycles. The van der Waals surface area contributed by atoms with Gasteiger partial charge in [-0.15, -0.1) is 0 Å². The van der Waals surface area contributed by atoms with Crippen LogP contribution in [0.5, 0.6) is 0 Å². The lowest BCUT2D eigenvalue weighted by Crippen LogP contribution is -2.09. The van der Waals surface area contributed by atoms with E-state index in [1.807, 2.05) is 6.07 Å². The fraction of sp³-hybridized carbons (Fsp3) is 0.500. The van der Waals surface area contributed by atoms with Gasteiger partial charge in [0.2, 0.25) is 0 Å². The number of carboxylic acids is 1. The molecule has 3 rings (SSSR count). The lowest BCUT2D eigenvalue weighted by molar-refractivity contribution is 0.0697. The Balaban J connectivity index is 2.18. The molecular formula is C16H20N2O2. The lowest BCUT2D eigenvalue weighted by Gasteiger charge is -2.16. The molecule has 0 spiro atoms. The summed E-state index contributed by atoms with van der Waals surface area (Å²) < 4.78 is 2.27. The zero-order valence-electron chi connectivity index (χ0n) is 12.0. The molecule has 106 valence electrons. The van der Waals surface area contributed by atoms with Gasteiger partial charge in [-0.25, -0.2) is 9.78 Å². The second-order valence-electron chi connectivity index (χ2n) is 5.92. The molecule has 0 radical (unpaired) electrons. The van der Waals surface area contributed by atoms with E-state index in [1.165, 1.54) is 25.7 Å². The molecule has 0 unspecified atom stereocenters. The fourth-order valence-corrected chi connectivity index (χ4v) is 3.27. The van der Waals surface area contributed by atoms with E-state index < -0.39 is 5.97 Å². The van der Waals surface area contributed by atoms with Crippen LogP contribution in [0.3, 0.4) is 0 Å². The number of hydrogen-bond donors (Lipinski definition) is 1. The number of carboxylic acid groups (broad SMARTS) is 1. The summed E-state index contributed by atoms with van der Waals surface area (Å²) in [6.07, 6.45) is 4.93. The molecule has 0 bridgehead atoms. The highest BCUT2D eigenvalue weighted by molar-refractivity contribution is 5.92. The van der Waals surface area contributed by atoms with Gasteiger partial charge >= 0.3 is 5.97 Å². The summed E-state index contributed by atoms with van der Waals surface area (Å²) in [7, 11) is 0. The molecule has 0 atom stereocenters. The Kier molecular flexibility index (Phi) is 3.24. The Morgan fingerprint density at radius 3 is 2.65 bits per heavy atom. The van der Waals surface area contributed by atoms with E-state index in [-0.39, 0.29) is 0 Å². The molecule has 4 heteroatoms. The monoisotopic (exact) mass is 272 g/mol. The van der Waals surface area contributed by atoms with Gasteiger partial charge in [-0.3, -0.25) is 0 Å². The number of aromatic nitrogens is 2. The minimum Gasteiger partial charge on any atom is -0.478 e. The van der Waals surface area contributed by atoms with E-state index in [0.29, 0.717) is 17.5 Å². The second kappa shape index (κ2) is 4.93. The van der Waals surface area contributed by atoms with Crippen LogP contribution in [0.4, 0.5) is 0 Å². The summed E-state index contributed by atoms with van der Waals surface area (Å²) in [4.78, 5) is 15.9. The predicted octanol–water partition coefficient (Wildman–Crippen LogP) is 3.97. The van der Waals surface area contributed by atoms with Gasteiger partial charge in [0.25, 0.3) is 0 Å². The number of fused-ring (bicyclic) bond motifs is 1. The first-order chi connectivity index (χ1) is 9.58. The molecule has 2 aromatic rings. The standard InChI is InChI=1S/C16H20N2O2/c1-10(2)18-14-8-7-12(16(19)20)9-13(14)17-15(18)11-5-3-4-6-11/h7-11H,3-6H2,1-2H3,(H,19,20). The summed E-state index contributed by atoms with van der Waals surface area (Å²) in [5.41, 5.74) is 2.16. The highest BCUT2D eigenvalue weighted by Crippen LogP contribution is 2.36. The average Bonchev–Trinajstić information content (AvgIpc) is 3.04. The first-order valence-corrected chi connectivity index (χ1v) is 7.33. The molecule has 1 fully saturated rings. The molecule has 0 saturated heterocycles. The molecule has 1 aromatic heterocycles. The minimum atomic E-state index is -0.895. The Hall–Kier alpha value is -1.84. The Labute approximate surface area is 118 Å². The van der Waals surface area contributed by atoms with E-state index in [9.17, 15) is 4.79 Å². The van der Waals surface area contributed by atoms with E-state index in [4.69, 9.17) is 10.1 Å². The van der Waals surface area contributed by atoms with Gasteiger partial charge in [-0.1, -0.05) is 12.8 Å². The summed E-state index contributed by atoms with van der Waals surface area (Å²) in [5, 5.41) is 9.11. The quantitative estimate of drug-likeness (QED) is 0.919. The molecular weight excluding hydrogens is 252 g/mol. The van der Waals surface area contributed by atoms with Crippen LogP contribution >= 0.6 is 0 Å². The van der Waals surface area contributed by atoms with Crippen molar-refractivity contribution in [2.24, 2.45) is 0 Å². The number of hydrogen-bond acceptors (Lipinski definition) is 2. The molecule has 20 heavy (non-hydrogen) atoms. The van der Waals surface area contributed by atoms with Crippen molar-refractivity contribution in [3.05, 3.63) is 29.6 Å². The molecule has 1 aliphatic carbocycles. The minimum absolute atomic E-state index is 0.309. The smallest absolute Gasteiger partial charge is 0.335 e. The largest absolute Gasteiger partial charge is 0.478 e. The predicted molar refractivity (Wildman–Crippen MR) is 78.3 cm³/mol. The molecule has 1 aliphatic rings. The SMILES string of the molecule is CC(C)n1c(C2CCCC2)nc2cc(C(=O)O)ccc21. The van der Waals surface area contributed by atoms with E-state index in [0.717, 1.165) is 16.9 Å². The van der Waals surface area contributed by atoms with Crippen molar-refractivity contribution < 1.29 is 9.90 Å². The summed E-state index contributed by atoms with van der Waals surface area (Å²) in [5.74, 6) is 0.765. The van der Waals surface area contributed by atoms with Gasteiger partial charge in [-0.05, 0) is 44.9 Å². The van der Waals surface area contributed by atoms with E-state index >= 15 is 0 Å². The zero-order valence-corrected chi connectivity index (χ0v) is 12.0. The van der Waals surface area contributed by atoms with Crippen molar-refractivity contribution >= 4 is 17.0 Å². The van der Waals surface area contributed by atoms with Crippen LogP contribution in [0.15, 0.2) is 18.2 Å². The number of aromatic carboxylic acids is 1. The maximum atomic E-state index is 11.1. The number of benzene rings is 1. The Bertz CT molecular complexity index is 652. The third-order valence-electron chi connectivity index (χ3n) is 4.20. The van der Waals surface area contributed by atoms with Crippen LogP contribution in [0.2, 0.25) is 0 Å². The maximum Gasteiger partial charge on any atom is 0.335 e. The number of rotatable bonds is 3. The summed E-state index contributed by atoms with van der Waals surface area (Å²) in [6, 6.07) is 5.59. The van der Waals surface area contributed by atoms with Gasteiger partial charge in [0.05, 0.1) is 16.6 Å². The van der Waals surface area contributed by atoms with Gasteiger partial charge in [0.15, 0.2) is 0 Å².